The third kappa shape index (κ3) is 4.69. The number of carbonyl (C=O) groups is 2. The van der Waals surface area contributed by atoms with Crippen LogP contribution in [-0.4, -0.2) is 41.2 Å². The van der Waals surface area contributed by atoms with Crippen LogP contribution in [0.25, 0.3) is 16.8 Å². The Balaban J connectivity index is 0.000000868. The number of ether oxygens (including phenoxy) is 1. The quantitative estimate of drug-likeness (QED) is 0.362. The molecule has 7 heteroatoms. The summed E-state index contributed by atoms with van der Waals surface area (Å²) in [4.78, 5) is 31.1. The molecular formula is C27H24ClN3O3. The Morgan fingerprint density at radius 1 is 1.03 bits per heavy atom. The molecule has 0 amide bonds. The molecule has 0 atom stereocenters. The SMILES string of the molecule is COC.O=Cc1ccc2c(c1)CCCC(c1ccncc1Cl)=C2c1ccn2cc(C=O)nc2c1. The van der Waals surface area contributed by atoms with Crippen LogP contribution in [0.1, 0.15) is 55.9 Å². The van der Waals surface area contributed by atoms with E-state index in [2.05, 4.69) is 14.7 Å². The number of halogens is 1. The zero-order valence-electron chi connectivity index (χ0n) is 19.0. The average Bonchev–Trinajstić information content (AvgIpc) is 3.18. The van der Waals surface area contributed by atoms with E-state index < -0.39 is 0 Å². The molecule has 1 aliphatic rings. The van der Waals surface area contributed by atoms with Gasteiger partial charge in [-0.05, 0) is 76.9 Å². The van der Waals surface area contributed by atoms with Crippen LogP contribution in [0, 0.1) is 0 Å². The number of aldehydes is 2. The molecule has 0 aliphatic heterocycles. The van der Waals surface area contributed by atoms with Crippen LogP contribution in [0.15, 0.2) is 61.2 Å². The van der Waals surface area contributed by atoms with Crippen molar-refractivity contribution in [3.8, 4) is 0 Å². The molecular weight excluding hydrogens is 450 g/mol. The number of benzene rings is 1. The zero-order chi connectivity index (χ0) is 24.1. The average molecular weight is 474 g/mol. The predicted molar refractivity (Wildman–Crippen MR) is 133 cm³/mol. The summed E-state index contributed by atoms with van der Waals surface area (Å²) in [5.41, 5.74) is 8.11. The fraction of sp³-hybridized carbons (Fsp3) is 0.185. The minimum Gasteiger partial charge on any atom is -0.388 e. The summed E-state index contributed by atoms with van der Waals surface area (Å²) in [6.45, 7) is 0. The van der Waals surface area contributed by atoms with Gasteiger partial charge in [-0.15, -0.1) is 0 Å². The smallest absolute Gasteiger partial charge is 0.170 e. The summed E-state index contributed by atoms with van der Waals surface area (Å²) in [6.07, 6.45) is 11.3. The number of allylic oxidation sites excluding steroid dienone is 1. The van der Waals surface area contributed by atoms with Crippen LogP contribution in [0.3, 0.4) is 0 Å². The molecule has 0 unspecified atom stereocenters. The third-order valence-electron chi connectivity index (χ3n) is 5.70. The number of methoxy groups -OCH3 is 1. The maximum atomic E-state index is 11.4. The highest BCUT2D eigenvalue weighted by Crippen LogP contribution is 2.41. The first-order valence-corrected chi connectivity index (χ1v) is 11.2. The fourth-order valence-corrected chi connectivity index (χ4v) is 4.55. The molecule has 3 aromatic heterocycles. The molecule has 5 rings (SSSR count). The number of carbonyl (C=O) groups excluding carboxylic acids is 2. The van der Waals surface area contributed by atoms with Crippen molar-refractivity contribution in [3.63, 3.8) is 0 Å². The van der Waals surface area contributed by atoms with E-state index in [1.165, 1.54) is 0 Å². The lowest BCUT2D eigenvalue weighted by atomic mass is 9.88. The highest BCUT2D eigenvalue weighted by Gasteiger charge is 2.22. The lowest BCUT2D eigenvalue weighted by molar-refractivity contribution is 0.111. The largest absolute Gasteiger partial charge is 0.388 e. The number of aromatic nitrogens is 3. The van der Waals surface area contributed by atoms with Gasteiger partial charge in [0.15, 0.2) is 6.29 Å². The minimum absolute atomic E-state index is 0.389. The third-order valence-corrected chi connectivity index (χ3v) is 6.00. The number of fused-ring (bicyclic) bond motifs is 2. The van der Waals surface area contributed by atoms with Gasteiger partial charge in [0.2, 0.25) is 0 Å². The summed E-state index contributed by atoms with van der Waals surface area (Å²) in [5, 5.41) is 0.605. The number of hydrogen-bond acceptors (Lipinski definition) is 5. The van der Waals surface area contributed by atoms with Crippen LogP contribution >= 0.6 is 11.6 Å². The monoisotopic (exact) mass is 473 g/mol. The molecule has 0 spiro atoms. The molecule has 34 heavy (non-hydrogen) atoms. The Morgan fingerprint density at radius 2 is 1.85 bits per heavy atom. The fourth-order valence-electron chi connectivity index (χ4n) is 4.31. The number of aryl methyl sites for hydroxylation is 1. The van der Waals surface area contributed by atoms with E-state index in [4.69, 9.17) is 11.6 Å². The first kappa shape index (κ1) is 23.5. The Hall–Kier alpha value is -3.61. The standard InChI is InChI=1S/C25H18ClN3O2.C2H6O/c26-23-12-27-8-6-21(23)22-3-1-2-17-10-16(14-30)4-5-20(17)25(22)18-7-9-29-13-19(15-31)28-24(29)11-18;1-3-2/h4-15H,1-3H2;1-2H3. The van der Waals surface area contributed by atoms with Crippen molar-refractivity contribution in [3.05, 3.63) is 99.7 Å². The molecule has 0 N–H and O–H groups in total. The zero-order valence-corrected chi connectivity index (χ0v) is 19.7. The second kappa shape index (κ2) is 10.5. The van der Waals surface area contributed by atoms with Crippen molar-refractivity contribution < 1.29 is 14.3 Å². The van der Waals surface area contributed by atoms with Crippen LogP contribution in [0.5, 0.6) is 0 Å². The van der Waals surface area contributed by atoms with E-state index in [1.54, 1.807) is 32.8 Å². The number of pyridine rings is 2. The van der Waals surface area contributed by atoms with Crippen molar-refractivity contribution in [2.45, 2.75) is 19.3 Å². The van der Waals surface area contributed by atoms with Gasteiger partial charge in [0, 0.05) is 44.6 Å². The van der Waals surface area contributed by atoms with Crippen LogP contribution in [0.4, 0.5) is 0 Å². The predicted octanol–water partition coefficient (Wildman–Crippen LogP) is 5.57. The molecule has 0 fully saturated rings. The Kier molecular flexibility index (Phi) is 7.30. The molecule has 0 saturated heterocycles. The van der Waals surface area contributed by atoms with E-state index in [-0.39, 0.29) is 0 Å². The Bertz CT molecular complexity index is 1390. The van der Waals surface area contributed by atoms with Crippen molar-refractivity contribution >= 4 is 41.0 Å². The molecule has 172 valence electrons. The maximum Gasteiger partial charge on any atom is 0.170 e. The molecule has 4 aromatic rings. The molecule has 6 nitrogen and oxygen atoms in total. The van der Waals surface area contributed by atoms with Crippen LogP contribution in [-0.2, 0) is 11.2 Å². The van der Waals surface area contributed by atoms with Gasteiger partial charge in [-0.1, -0.05) is 23.7 Å². The van der Waals surface area contributed by atoms with E-state index in [1.807, 2.05) is 47.0 Å². The van der Waals surface area contributed by atoms with E-state index in [9.17, 15) is 9.59 Å². The normalized spacial score (nSPS) is 13.0. The number of imidazole rings is 1. The van der Waals surface area contributed by atoms with E-state index in [0.29, 0.717) is 21.9 Å². The topological polar surface area (TPSA) is 73.6 Å². The second-order valence-corrected chi connectivity index (χ2v) is 8.38. The first-order chi connectivity index (χ1) is 16.6. The number of hydrogen-bond donors (Lipinski definition) is 0. The van der Waals surface area contributed by atoms with Crippen molar-refractivity contribution in [2.75, 3.05) is 14.2 Å². The molecule has 0 bridgehead atoms. The lowest BCUT2D eigenvalue weighted by Gasteiger charge is -2.17. The summed E-state index contributed by atoms with van der Waals surface area (Å²) in [5.74, 6) is 0. The molecule has 1 aliphatic carbocycles. The number of rotatable bonds is 4. The summed E-state index contributed by atoms with van der Waals surface area (Å²) in [6, 6.07) is 11.8. The van der Waals surface area contributed by atoms with E-state index >= 15 is 0 Å². The van der Waals surface area contributed by atoms with Gasteiger partial charge in [-0.2, -0.15) is 0 Å². The van der Waals surface area contributed by atoms with Crippen molar-refractivity contribution in [1.82, 2.24) is 14.4 Å². The van der Waals surface area contributed by atoms with Gasteiger partial charge in [-0.3, -0.25) is 14.6 Å². The minimum atomic E-state index is 0.389. The van der Waals surface area contributed by atoms with Gasteiger partial charge in [0.05, 0.1) is 5.02 Å². The molecule has 3 heterocycles. The van der Waals surface area contributed by atoms with Gasteiger partial charge >= 0.3 is 0 Å². The lowest BCUT2D eigenvalue weighted by Crippen LogP contribution is -1.99. The van der Waals surface area contributed by atoms with Crippen molar-refractivity contribution in [2.24, 2.45) is 0 Å². The second-order valence-electron chi connectivity index (χ2n) is 7.97. The highest BCUT2D eigenvalue weighted by atomic mass is 35.5. The summed E-state index contributed by atoms with van der Waals surface area (Å²) >= 11 is 6.56. The molecule has 1 aromatic carbocycles. The Labute approximate surface area is 202 Å². The molecule has 0 radical (unpaired) electrons. The van der Waals surface area contributed by atoms with Crippen LogP contribution < -0.4 is 0 Å². The van der Waals surface area contributed by atoms with E-state index in [0.717, 1.165) is 65.2 Å². The molecule has 0 saturated carbocycles. The van der Waals surface area contributed by atoms with Gasteiger partial charge < -0.3 is 9.14 Å². The Morgan fingerprint density at radius 3 is 2.59 bits per heavy atom. The van der Waals surface area contributed by atoms with Gasteiger partial charge in [0.1, 0.15) is 17.6 Å². The van der Waals surface area contributed by atoms with Crippen molar-refractivity contribution in [1.29, 1.82) is 0 Å². The number of nitrogens with zero attached hydrogens (tertiary/aromatic N) is 3. The summed E-state index contributed by atoms with van der Waals surface area (Å²) in [7, 11) is 3.25. The highest BCUT2D eigenvalue weighted by molar-refractivity contribution is 6.32. The van der Waals surface area contributed by atoms with Gasteiger partial charge in [-0.25, -0.2) is 4.98 Å². The van der Waals surface area contributed by atoms with Crippen LogP contribution in [0.2, 0.25) is 5.02 Å². The summed E-state index contributed by atoms with van der Waals surface area (Å²) < 4.78 is 6.08. The maximum absolute atomic E-state index is 11.4. The first-order valence-electron chi connectivity index (χ1n) is 10.9. The van der Waals surface area contributed by atoms with Gasteiger partial charge in [0.25, 0.3) is 0 Å².